The van der Waals surface area contributed by atoms with Gasteiger partial charge in [0.05, 0.1) is 13.2 Å². The number of ether oxygens (including phenoxy) is 2. The predicted molar refractivity (Wildman–Crippen MR) is 140 cm³/mol. The number of ketones is 4. The van der Waals surface area contributed by atoms with Crippen LogP contribution in [0.4, 0.5) is 0 Å². The summed E-state index contributed by atoms with van der Waals surface area (Å²) in [7, 11) is 0. The highest BCUT2D eigenvalue weighted by Crippen LogP contribution is 2.31. The van der Waals surface area contributed by atoms with Crippen LogP contribution >= 0.6 is 0 Å². The van der Waals surface area contributed by atoms with Crippen LogP contribution in [0, 0.1) is 0 Å². The van der Waals surface area contributed by atoms with Gasteiger partial charge in [-0.15, -0.1) is 0 Å². The van der Waals surface area contributed by atoms with Gasteiger partial charge in [-0.2, -0.15) is 0 Å². The van der Waals surface area contributed by atoms with E-state index in [1.165, 1.54) is 0 Å². The van der Waals surface area contributed by atoms with E-state index in [1.807, 2.05) is 0 Å². The molecule has 0 N–H and O–H groups in total. The van der Waals surface area contributed by atoms with E-state index in [1.54, 1.807) is 84.9 Å². The molecule has 0 saturated carbocycles. The van der Waals surface area contributed by atoms with Gasteiger partial charge in [0, 0.05) is 44.5 Å². The fourth-order valence-corrected chi connectivity index (χ4v) is 4.92. The maximum atomic E-state index is 12.9. The minimum atomic E-state index is -0.178. The van der Waals surface area contributed by atoms with Crippen LogP contribution in [-0.2, 0) is 0 Å². The molecule has 0 heterocycles. The van der Waals surface area contributed by atoms with Crippen molar-refractivity contribution >= 4 is 23.1 Å². The maximum Gasteiger partial charge on any atom is 0.194 e. The van der Waals surface area contributed by atoms with Crippen LogP contribution in [0.2, 0.25) is 0 Å². The Kier molecular flexibility index (Phi) is 5.92. The fraction of sp³-hybridized carbons (Fsp3) is 0.125. The summed E-state index contributed by atoms with van der Waals surface area (Å²) in [5, 5.41) is 0. The van der Waals surface area contributed by atoms with E-state index in [4.69, 9.17) is 9.47 Å². The standard InChI is InChI=1S/C32H22O6/c33-29-21-7-1-3-9-23(21)31(35)27-17-19(11-13-25(27)29)37-15-5-6-16-38-20-12-14-26-28(18-20)32(36)24-10-4-2-8-22(24)30(26)34/h1-4,7-14,17-18H,5-6,15-16H2. The van der Waals surface area contributed by atoms with E-state index in [0.29, 0.717) is 82.1 Å². The van der Waals surface area contributed by atoms with Crippen molar-refractivity contribution in [2.75, 3.05) is 13.2 Å². The van der Waals surface area contributed by atoms with Crippen molar-refractivity contribution in [2.24, 2.45) is 0 Å². The number of hydrogen-bond acceptors (Lipinski definition) is 6. The van der Waals surface area contributed by atoms with E-state index < -0.39 is 0 Å². The van der Waals surface area contributed by atoms with Gasteiger partial charge in [0.25, 0.3) is 0 Å². The third kappa shape index (κ3) is 4.00. The van der Waals surface area contributed by atoms with Crippen LogP contribution in [0.25, 0.3) is 0 Å². The summed E-state index contributed by atoms with van der Waals surface area (Å²) in [4.78, 5) is 51.2. The monoisotopic (exact) mass is 502 g/mol. The molecule has 0 spiro atoms. The average molecular weight is 503 g/mol. The first-order valence-electron chi connectivity index (χ1n) is 12.4. The molecule has 0 saturated heterocycles. The summed E-state index contributed by atoms with van der Waals surface area (Å²) in [6.07, 6.45) is 1.39. The molecular formula is C32H22O6. The first-order valence-corrected chi connectivity index (χ1v) is 12.4. The first kappa shape index (κ1) is 23.6. The highest BCUT2D eigenvalue weighted by Gasteiger charge is 2.30. The molecule has 6 rings (SSSR count). The molecule has 4 aromatic carbocycles. The molecule has 0 aliphatic heterocycles. The third-order valence-corrected chi connectivity index (χ3v) is 6.87. The Morgan fingerprint density at radius 3 is 1.08 bits per heavy atom. The van der Waals surface area contributed by atoms with Crippen molar-refractivity contribution in [3.05, 3.63) is 129 Å². The first-order chi connectivity index (χ1) is 18.5. The second-order valence-corrected chi connectivity index (χ2v) is 9.23. The van der Waals surface area contributed by atoms with Crippen LogP contribution in [0.5, 0.6) is 11.5 Å². The highest BCUT2D eigenvalue weighted by molar-refractivity contribution is 6.29. The topological polar surface area (TPSA) is 86.7 Å². The lowest BCUT2D eigenvalue weighted by molar-refractivity contribution is 0.0978. The molecule has 0 unspecified atom stereocenters. The molecule has 6 heteroatoms. The van der Waals surface area contributed by atoms with Gasteiger partial charge in [0.1, 0.15) is 11.5 Å². The zero-order valence-corrected chi connectivity index (χ0v) is 20.4. The van der Waals surface area contributed by atoms with Crippen molar-refractivity contribution in [3.8, 4) is 11.5 Å². The lowest BCUT2D eigenvalue weighted by Gasteiger charge is -2.18. The zero-order chi connectivity index (χ0) is 26.2. The summed E-state index contributed by atoms with van der Waals surface area (Å²) in [5.74, 6) is 0.393. The van der Waals surface area contributed by atoms with Crippen molar-refractivity contribution in [1.29, 1.82) is 0 Å². The van der Waals surface area contributed by atoms with Crippen LogP contribution in [0.3, 0.4) is 0 Å². The molecule has 0 aromatic heterocycles. The Bertz CT molecular complexity index is 1520. The van der Waals surface area contributed by atoms with Crippen LogP contribution in [0.1, 0.15) is 76.5 Å². The zero-order valence-electron chi connectivity index (χ0n) is 20.4. The number of hydrogen-bond donors (Lipinski definition) is 0. The van der Waals surface area contributed by atoms with Gasteiger partial charge in [-0.25, -0.2) is 0 Å². The number of carbonyl (C=O) groups excluding carboxylic acids is 4. The number of unbranched alkanes of at least 4 members (excludes halogenated alkanes) is 1. The van der Waals surface area contributed by atoms with E-state index in [-0.39, 0.29) is 23.1 Å². The molecule has 0 amide bonds. The van der Waals surface area contributed by atoms with Gasteiger partial charge in [0.2, 0.25) is 0 Å². The van der Waals surface area contributed by atoms with Crippen molar-refractivity contribution < 1.29 is 28.7 Å². The van der Waals surface area contributed by atoms with E-state index >= 15 is 0 Å². The Hall–Kier alpha value is -4.84. The van der Waals surface area contributed by atoms with E-state index in [9.17, 15) is 19.2 Å². The smallest absolute Gasteiger partial charge is 0.194 e. The molecule has 186 valence electrons. The summed E-state index contributed by atoms with van der Waals surface area (Å²) in [6.45, 7) is 0.823. The largest absolute Gasteiger partial charge is 0.494 e. The van der Waals surface area contributed by atoms with E-state index in [2.05, 4.69) is 0 Å². The van der Waals surface area contributed by atoms with Gasteiger partial charge in [-0.1, -0.05) is 48.5 Å². The summed E-state index contributed by atoms with van der Waals surface area (Å²) in [6, 6.07) is 23.6. The molecule has 0 bridgehead atoms. The molecule has 0 atom stereocenters. The van der Waals surface area contributed by atoms with E-state index in [0.717, 1.165) is 0 Å². The summed E-state index contributed by atoms with van der Waals surface area (Å²) in [5.41, 5.74) is 3.19. The summed E-state index contributed by atoms with van der Waals surface area (Å²) >= 11 is 0. The van der Waals surface area contributed by atoms with Gasteiger partial charge < -0.3 is 9.47 Å². The maximum absolute atomic E-state index is 12.9. The van der Waals surface area contributed by atoms with Crippen LogP contribution in [-0.4, -0.2) is 36.3 Å². The molecule has 6 nitrogen and oxygen atoms in total. The molecular weight excluding hydrogens is 480 g/mol. The quantitative estimate of drug-likeness (QED) is 0.269. The Labute approximate surface area is 218 Å². The second-order valence-electron chi connectivity index (χ2n) is 9.23. The Morgan fingerprint density at radius 1 is 0.395 bits per heavy atom. The fourth-order valence-electron chi connectivity index (χ4n) is 4.92. The Morgan fingerprint density at radius 2 is 0.711 bits per heavy atom. The Balaban J connectivity index is 1.03. The molecule has 4 aromatic rings. The molecule has 2 aliphatic carbocycles. The van der Waals surface area contributed by atoms with Crippen LogP contribution < -0.4 is 9.47 Å². The van der Waals surface area contributed by atoms with Crippen LogP contribution in [0.15, 0.2) is 84.9 Å². The van der Waals surface area contributed by atoms with Crippen molar-refractivity contribution in [3.63, 3.8) is 0 Å². The average Bonchev–Trinajstić information content (AvgIpc) is 2.96. The second kappa shape index (κ2) is 9.56. The highest BCUT2D eigenvalue weighted by atomic mass is 16.5. The van der Waals surface area contributed by atoms with Gasteiger partial charge in [-0.3, -0.25) is 19.2 Å². The number of rotatable bonds is 7. The number of benzene rings is 4. The molecule has 0 radical (unpaired) electrons. The lowest BCUT2D eigenvalue weighted by atomic mass is 9.84. The van der Waals surface area contributed by atoms with Crippen molar-refractivity contribution in [1.82, 2.24) is 0 Å². The normalized spacial score (nSPS) is 13.4. The van der Waals surface area contributed by atoms with Crippen molar-refractivity contribution in [2.45, 2.75) is 12.8 Å². The lowest BCUT2D eigenvalue weighted by Crippen LogP contribution is -2.20. The van der Waals surface area contributed by atoms with Gasteiger partial charge in [-0.05, 0) is 49.2 Å². The molecule has 38 heavy (non-hydrogen) atoms. The molecule has 0 fully saturated rings. The minimum absolute atomic E-state index is 0.156. The SMILES string of the molecule is O=C1c2ccccc2C(=O)c2cc(OCCCCOc3ccc4c(c3)C(=O)c3ccccc3C4=O)ccc21. The number of carbonyl (C=O) groups is 4. The summed E-state index contributed by atoms with van der Waals surface area (Å²) < 4.78 is 11.7. The van der Waals surface area contributed by atoms with Gasteiger partial charge in [0.15, 0.2) is 23.1 Å². The van der Waals surface area contributed by atoms with Gasteiger partial charge >= 0.3 is 0 Å². The predicted octanol–water partition coefficient (Wildman–Crippen LogP) is 5.48. The number of fused-ring (bicyclic) bond motifs is 4. The third-order valence-electron chi connectivity index (χ3n) is 6.87. The molecule has 2 aliphatic rings. The minimum Gasteiger partial charge on any atom is -0.494 e.